The molecule has 112 valence electrons. The van der Waals surface area contributed by atoms with Crippen molar-refractivity contribution in [3.05, 3.63) is 66.0 Å². The zero-order valence-electron chi connectivity index (χ0n) is 12.6. The summed E-state index contributed by atoms with van der Waals surface area (Å²) in [6, 6.07) is 17.5. The average Bonchev–Trinajstić information content (AvgIpc) is 2.49. The summed E-state index contributed by atoms with van der Waals surface area (Å²) in [5.41, 5.74) is 1.28. The highest BCUT2D eigenvalue weighted by Gasteiger charge is 2.19. The second-order valence-corrected chi connectivity index (χ2v) is 6.57. The zero-order valence-corrected chi connectivity index (χ0v) is 13.4. The minimum absolute atomic E-state index is 0.176. The van der Waals surface area contributed by atoms with Crippen LogP contribution in [0.1, 0.15) is 31.9 Å². The van der Waals surface area contributed by atoms with E-state index in [1.54, 1.807) is 23.9 Å². The maximum atomic E-state index is 13.3. The Morgan fingerprint density at radius 1 is 1.10 bits per heavy atom. The lowest BCUT2D eigenvalue weighted by Gasteiger charge is -2.25. The first kappa shape index (κ1) is 16.1. The Kier molecular flexibility index (Phi) is 6.27. The fourth-order valence-electron chi connectivity index (χ4n) is 2.34. The minimum Gasteiger partial charge on any atom is -0.309 e. The van der Waals surface area contributed by atoms with Crippen molar-refractivity contribution in [1.29, 1.82) is 0 Å². The molecule has 0 aliphatic heterocycles. The van der Waals surface area contributed by atoms with Crippen LogP contribution in [-0.2, 0) is 0 Å². The Balaban J connectivity index is 2.12. The van der Waals surface area contributed by atoms with Crippen molar-refractivity contribution in [2.45, 2.75) is 36.5 Å². The summed E-state index contributed by atoms with van der Waals surface area (Å²) < 4.78 is 13.3. The molecule has 2 atom stereocenters. The van der Waals surface area contributed by atoms with E-state index in [9.17, 15) is 4.39 Å². The fourth-order valence-corrected chi connectivity index (χ4v) is 3.49. The largest absolute Gasteiger partial charge is 0.309 e. The summed E-state index contributed by atoms with van der Waals surface area (Å²) in [4.78, 5) is 0.974. The van der Waals surface area contributed by atoms with Gasteiger partial charge in [0.25, 0.3) is 0 Å². The van der Waals surface area contributed by atoms with E-state index in [1.165, 1.54) is 11.6 Å². The number of thioether (sulfide) groups is 1. The van der Waals surface area contributed by atoms with Crippen molar-refractivity contribution in [2.75, 3.05) is 6.54 Å². The van der Waals surface area contributed by atoms with Crippen LogP contribution in [0.3, 0.4) is 0 Å². The van der Waals surface area contributed by atoms with Crippen molar-refractivity contribution in [3.8, 4) is 0 Å². The van der Waals surface area contributed by atoms with Gasteiger partial charge in [0.2, 0.25) is 0 Å². The van der Waals surface area contributed by atoms with Crippen molar-refractivity contribution in [3.63, 3.8) is 0 Å². The molecule has 21 heavy (non-hydrogen) atoms. The second kappa shape index (κ2) is 8.20. The van der Waals surface area contributed by atoms with Gasteiger partial charge >= 0.3 is 0 Å². The first-order valence-electron chi connectivity index (χ1n) is 7.41. The Morgan fingerprint density at radius 2 is 1.86 bits per heavy atom. The molecule has 0 aliphatic rings. The monoisotopic (exact) mass is 303 g/mol. The Labute approximate surface area is 131 Å². The smallest absolute Gasteiger partial charge is 0.124 e. The number of halogens is 1. The van der Waals surface area contributed by atoms with Gasteiger partial charge in [-0.1, -0.05) is 50.2 Å². The summed E-state index contributed by atoms with van der Waals surface area (Å²) in [5, 5.41) is 3.93. The quantitative estimate of drug-likeness (QED) is 0.719. The van der Waals surface area contributed by atoms with E-state index in [-0.39, 0.29) is 11.9 Å². The van der Waals surface area contributed by atoms with E-state index in [4.69, 9.17) is 0 Å². The van der Waals surface area contributed by atoms with Crippen LogP contribution in [0.25, 0.3) is 0 Å². The highest BCUT2D eigenvalue weighted by molar-refractivity contribution is 8.00. The van der Waals surface area contributed by atoms with Crippen LogP contribution in [0.5, 0.6) is 0 Å². The summed E-state index contributed by atoms with van der Waals surface area (Å²) in [7, 11) is 0. The van der Waals surface area contributed by atoms with Crippen molar-refractivity contribution < 1.29 is 4.39 Å². The van der Waals surface area contributed by atoms with Crippen LogP contribution in [0.2, 0.25) is 0 Å². The summed E-state index contributed by atoms with van der Waals surface area (Å²) in [5.74, 6) is -0.176. The molecule has 2 aromatic rings. The van der Waals surface area contributed by atoms with Gasteiger partial charge in [0.15, 0.2) is 0 Å². The van der Waals surface area contributed by atoms with Gasteiger partial charge < -0.3 is 5.32 Å². The van der Waals surface area contributed by atoms with E-state index < -0.39 is 0 Å². The van der Waals surface area contributed by atoms with E-state index in [1.807, 2.05) is 12.1 Å². The highest BCUT2D eigenvalue weighted by Crippen LogP contribution is 2.32. The molecule has 0 aromatic heterocycles. The Hall–Kier alpha value is -1.32. The molecule has 0 bridgehead atoms. The number of hydrogen-bond acceptors (Lipinski definition) is 2. The first-order chi connectivity index (χ1) is 10.2. The third kappa shape index (κ3) is 4.87. The normalized spacial score (nSPS) is 13.9. The van der Waals surface area contributed by atoms with E-state index in [0.717, 1.165) is 17.9 Å². The van der Waals surface area contributed by atoms with E-state index >= 15 is 0 Å². The molecule has 0 saturated heterocycles. The SMILES string of the molecule is CCCNC(c1ccccc1)C(C)Sc1cccc(F)c1. The van der Waals surface area contributed by atoms with Crippen LogP contribution in [-0.4, -0.2) is 11.8 Å². The summed E-state index contributed by atoms with van der Waals surface area (Å²) in [6.45, 7) is 5.34. The van der Waals surface area contributed by atoms with E-state index in [2.05, 4.69) is 43.4 Å². The van der Waals surface area contributed by atoms with Crippen molar-refractivity contribution in [1.82, 2.24) is 5.32 Å². The molecule has 0 radical (unpaired) electrons. The number of hydrogen-bond donors (Lipinski definition) is 1. The molecule has 1 nitrogen and oxygen atoms in total. The third-order valence-corrected chi connectivity index (χ3v) is 4.53. The Bertz CT molecular complexity index is 544. The average molecular weight is 303 g/mol. The van der Waals surface area contributed by atoms with Gasteiger partial charge in [0.1, 0.15) is 5.82 Å². The van der Waals surface area contributed by atoms with Crippen LogP contribution < -0.4 is 5.32 Å². The van der Waals surface area contributed by atoms with Crippen LogP contribution in [0, 0.1) is 5.82 Å². The lowest BCUT2D eigenvalue weighted by atomic mass is 10.0. The number of rotatable bonds is 7. The van der Waals surface area contributed by atoms with Gasteiger partial charge in [-0.05, 0) is 36.7 Å². The zero-order chi connectivity index (χ0) is 15.1. The van der Waals surface area contributed by atoms with Gasteiger partial charge in [-0.25, -0.2) is 4.39 Å². The molecule has 0 heterocycles. The van der Waals surface area contributed by atoms with Gasteiger partial charge in [-0.15, -0.1) is 11.8 Å². The predicted octanol–water partition coefficient (Wildman–Crippen LogP) is 5.05. The number of benzene rings is 2. The molecule has 0 fully saturated rings. The molecule has 2 rings (SSSR count). The van der Waals surface area contributed by atoms with Gasteiger partial charge in [-0.2, -0.15) is 0 Å². The topological polar surface area (TPSA) is 12.0 Å². The standard InChI is InChI=1S/C18H22FNS/c1-3-12-20-18(15-8-5-4-6-9-15)14(2)21-17-11-7-10-16(19)13-17/h4-11,13-14,18,20H,3,12H2,1-2H3. The molecule has 2 aromatic carbocycles. The Morgan fingerprint density at radius 3 is 2.52 bits per heavy atom. The highest BCUT2D eigenvalue weighted by atomic mass is 32.2. The van der Waals surface area contributed by atoms with Gasteiger partial charge in [0.05, 0.1) is 0 Å². The van der Waals surface area contributed by atoms with Crippen LogP contribution in [0.15, 0.2) is 59.5 Å². The molecule has 0 spiro atoms. The molecule has 0 saturated carbocycles. The molecule has 0 amide bonds. The van der Waals surface area contributed by atoms with Gasteiger partial charge in [0, 0.05) is 16.2 Å². The molecule has 3 heteroatoms. The summed E-state index contributed by atoms with van der Waals surface area (Å²) in [6.07, 6.45) is 1.10. The van der Waals surface area contributed by atoms with Crippen LogP contribution >= 0.6 is 11.8 Å². The molecule has 0 aliphatic carbocycles. The molecular formula is C18H22FNS. The van der Waals surface area contributed by atoms with Crippen LogP contribution in [0.4, 0.5) is 4.39 Å². The van der Waals surface area contributed by atoms with Crippen molar-refractivity contribution in [2.24, 2.45) is 0 Å². The van der Waals surface area contributed by atoms with Gasteiger partial charge in [-0.3, -0.25) is 0 Å². The maximum Gasteiger partial charge on any atom is 0.124 e. The lowest BCUT2D eigenvalue weighted by Crippen LogP contribution is -2.29. The van der Waals surface area contributed by atoms with E-state index in [0.29, 0.717) is 5.25 Å². The molecule has 1 N–H and O–H groups in total. The minimum atomic E-state index is -0.176. The maximum absolute atomic E-state index is 13.3. The second-order valence-electron chi connectivity index (χ2n) is 5.12. The molecular weight excluding hydrogens is 281 g/mol. The first-order valence-corrected chi connectivity index (χ1v) is 8.29. The third-order valence-electron chi connectivity index (χ3n) is 3.36. The molecule has 2 unspecified atom stereocenters. The lowest BCUT2D eigenvalue weighted by molar-refractivity contribution is 0.528. The summed E-state index contributed by atoms with van der Waals surface area (Å²) >= 11 is 1.71. The van der Waals surface area contributed by atoms with Crippen molar-refractivity contribution >= 4 is 11.8 Å². The predicted molar refractivity (Wildman–Crippen MR) is 89.2 cm³/mol. The number of nitrogens with one attached hydrogen (secondary N) is 1. The fraction of sp³-hybridized carbons (Fsp3) is 0.333.